The van der Waals surface area contributed by atoms with Crippen molar-refractivity contribution < 1.29 is 14.1 Å². The molecule has 0 fully saturated rings. The van der Waals surface area contributed by atoms with Crippen LogP contribution in [0.5, 0.6) is 0 Å². The molecule has 1 aromatic carbocycles. The van der Waals surface area contributed by atoms with Crippen molar-refractivity contribution in [3.8, 4) is 11.5 Å². The molecule has 2 aromatic heterocycles. The van der Waals surface area contributed by atoms with Crippen LogP contribution in [0.3, 0.4) is 0 Å². The number of hydrogen-bond donors (Lipinski definition) is 1. The average molecular weight is 337 g/mol. The molecule has 1 N–H and O–H groups in total. The summed E-state index contributed by atoms with van der Waals surface area (Å²) >= 11 is 0. The van der Waals surface area contributed by atoms with Crippen LogP contribution in [0.1, 0.15) is 5.56 Å². The SMILES string of the molecule is O=C(C=Cc1cccc([N+](=O)[O-])c1)Nc1nnc(-c2ccncc2)o1. The highest BCUT2D eigenvalue weighted by molar-refractivity contribution is 6.00. The zero-order valence-corrected chi connectivity index (χ0v) is 12.7. The highest BCUT2D eigenvalue weighted by atomic mass is 16.6. The molecule has 3 rings (SSSR count). The van der Waals surface area contributed by atoms with Gasteiger partial charge in [0.2, 0.25) is 5.89 Å². The molecular weight excluding hydrogens is 326 g/mol. The number of aromatic nitrogens is 3. The first-order valence-corrected chi connectivity index (χ1v) is 7.09. The van der Waals surface area contributed by atoms with Gasteiger partial charge in [0.15, 0.2) is 0 Å². The van der Waals surface area contributed by atoms with Gasteiger partial charge in [0, 0.05) is 36.2 Å². The van der Waals surface area contributed by atoms with E-state index in [9.17, 15) is 14.9 Å². The van der Waals surface area contributed by atoms with Crippen LogP contribution in [0.2, 0.25) is 0 Å². The summed E-state index contributed by atoms with van der Waals surface area (Å²) < 4.78 is 5.34. The minimum Gasteiger partial charge on any atom is -0.403 e. The van der Waals surface area contributed by atoms with Crippen LogP contribution in [-0.4, -0.2) is 26.0 Å². The molecule has 2 heterocycles. The van der Waals surface area contributed by atoms with Crippen molar-refractivity contribution in [3.05, 3.63) is 70.5 Å². The molecule has 25 heavy (non-hydrogen) atoms. The number of nitrogens with zero attached hydrogens (tertiary/aromatic N) is 4. The topological polar surface area (TPSA) is 124 Å². The second-order valence-corrected chi connectivity index (χ2v) is 4.82. The lowest BCUT2D eigenvalue weighted by molar-refractivity contribution is -0.384. The summed E-state index contributed by atoms with van der Waals surface area (Å²) in [5, 5.41) is 20.7. The van der Waals surface area contributed by atoms with E-state index in [1.165, 1.54) is 30.4 Å². The molecule has 3 aromatic rings. The Morgan fingerprint density at radius 1 is 1.20 bits per heavy atom. The number of rotatable bonds is 5. The number of carbonyl (C=O) groups excluding carboxylic acids is 1. The predicted octanol–water partition coefficient (Wildman–Crippen LogP) is 2.69. The molecule has 0 spiro atoms. The minimum atomic E-state index is -0.503. The van der Waals surface area contributed by atoms with Crippen molar-refractivity contribution >= 4 is 23.7 Å². The van der Waals surface area contributed by atoms with Gasteiger partial charge in [0.25, 0.3) is 11.6 Å². The standard InChI is InChI=1S/C16H11N5O4/c22-14(5-4-11-2-1-3-13(10-11)21(23)24)18-16-20-19-15(25-16)12-6-8-17-9-7-12/h1-10H,(H,18,20,22). The molecular formula is C16H11N5O4. The van der Waals surface area contributed by atoms with Gasteiger partial charge in [-0.1, -0.05) is 17.2 Å². The van der Waals surface area contributed by atoms with Crippen LogP contribution in [-0.2, 0) is 4.79 Å². The van der Waals surface area contributed by atoms with Gasteiger partial charge in [0.1, 0.15) is 0 Å². The van der Waals surface area contributed by atoms with Gasteiger partial charge in [-0.05, 0) is 23.8 Å². The van der Waals surface area contributed by atoms with Crippen LogP contribution >= 0.6 is 0 Å². The summed E-state index contributed by atoms with van der Waals surface area (Å²) in [6.45, 7) is 0. The monoisotopic (exact) mass is 337 g/mol. The van der Waals surface area contributed by atoms with Crippen molar-refractivity contribution in [2.75, 3.05) is 5.32 Å². The van der Waals surface area contributed by atoms with Crippen LogP contribution in [0.15, 0.2) is 59.3 Å². The summed E-state index contributed by atoms with van der Waals surface area (Å²) in [5.74, 6) is -0.253. The number of amides is 1. The van der Waals surface area contributed by atoms with E-state index in [2.05, 4.69) is 20.5 Å². The maximum absolute atomic E-state index is 11.9. The molecule has 0 bridgehead atoms. The number of pyridine rings is 1. The van der Waals surface area contributed by atoms with E-state index >= 15 is 0 Å². The fourth-order valence-corrected chi connectivity index (χ4v) is 1.95. The molecule has 0 aliphatic heterocycles. The molecule has 124 valence electrons. The molecule has 0 aliphatic rings. The van der Waals surface area contributed by atoms with Crippen LogP contribution < -0.4 is 5.32 Å². The zero-order valence-electron chi connectivity index (χ0n) is 12.7. The van der Waals surface area contributed by atoms with E-state index in [1.54, 1.807) is 30.6 Å². The van der Waals surface area contributed by atoms with E-state index in [4.69, 9.17) is 4.42 Å². The maximum Gasteiger partial charge on any atom is 0.322 e. The third-order valence-corrected chi connectivity index (χ3v) is 3.09. The summed E-state index contributed by atoms with van der Waals surface area (Å²) in [5.41, 5.74) is 1.14. The van der Waals surface area contributed by atoms with Gasteiger partial charge in [-0.3, -0.25) is 25.2 Å². The number of anilines is 1. The quantitative estimate of drug-likeness (QED) is 0.431. The molecule has 0 saturated carbocycles. The van der Waals surface area contributed by atoms with Crippen molar-refractivity contribution in [1.29, 1.82) is 0 Å². The Hall–Kier alpha value is -3.88. The summed E-state index contributed by atoms with van der Waals surface area (Å²) in [6.07, 6.45) is 5.83. The average Bonchev–Trinajstić information content (AvgIpc) is 3.09. The fraction of sp³-hybridized carbons (Fsp3) is 0. The Balaban J connectivity index is 1.66. The molecule has 0 unspecified atom stereocenters. The third-order valence-electron chi connectivity index (χ3n) is 3.09. The molecule has 9 heteroatoms. The first-order valence-electron chi connectivity index (χ1n) is 7.09. The van der Waals surface area contributed by atoms with E-state index < -0.39 is 10.8 Å². The smallest absolute Gasteiger partial charge is 0.322 e. The van der Waals surface area contributed by atoms with Crippen LogP contribution in [0.25, 0.3) is 17.5 Å². The van der Waals surface area contributed by atoms with Crippen molar-refractivity contribution in [3.63, 3.8) is 0 Å². The number of carbonyl (C=O) groups is 1. The Kier molecular flexibility index (Phi) is 4.56. The lowest BCUT2D eigenvalue weighted by Crippen LogP contribution is -2.07. The van der Waals surface area contributed by atoms with Crippen LogP contribution in [0, 0.1) is 10.1 Å². The third kappa shape index (κ3) is 4.10. The molecule has 0 saturated heterocycles. The largest absolute Gasteiger partial charge is 0.403 e. The maximum atomic E-state index is 11.9. The normalized spacial score (nSPS) is 10.7. The Bertz CT molecular complexity index is 936. The van der Waals surface area contributed by atoms with E-state index in [0.717, 1.165) is 0 Å². The van der Waals surface area contributed by atoms with Crippen LogP contribution in [0.4, 0.5) is 11.7 Å². The lowest BCUT2D eigenvalue weighted by atomic mass is 10.2. The second-order valence-electron chi connectivity index (χ2n) is 4.82. The number of non-ortho nitro benzene ring substituents is 1. The van der Waals surface area contributed by atoms with E-state index in [-0.39, 0.29) is 17.6 Å². The summed E-state index contributed by atoms with van der Waals surface area (Å²) in [4.78, 5) is 26.0. The first-order chi connectivity index (χ1) is 12.1. The molecule has 0 radical (unpaired) electrons. The van der Waals surface area contributed by atoms with Gasteiger partial charge in [-0.15, -0.1) is 5.10 Å². The Morgan fingerprint density at radius 2 is 2.00 bits per heavy atom. The number of benzene rings is 1. The minimum absolute atomic E-state index is 0.0542. The van der Waals surface area contributed by atoms with Crippen molar-refractivity contribution in [2.45, 2.75) is 0 Å². The molecule has 1 amide bonds. The Labute approximate surface area is 141 Å². The molecule has 9 nitrogen and oxygen atoms in total. The van der Waals surface area contributed by atoms with Gasteiger partial charge >= 0.3 is 6.01 Å². The Morgan fingerprint density at radius 3 is 2.76 bits per heavy atom. The van der Waals surface area contributed by atoms with E-state index in [1.807, 2.05) is 0 Å². The first kappa shape index (κ1) is 16.0. The van der Waals surface area contributed by atoms with Gasteiger partial charge < -0.3 is 4.42 Å². The summed E-state index contributed by atoms with van der Waals surface area (Å²) in [7, 11) is 0. The highest BCUT2D eigenvalue weighted by Crippen LogP contribution is 2.18. The number of nitro groups is 1. The summed E-state index contributed by atoms with van der Waals surface area (Å²) in [6, 6.07) is 9.25. The fourth-order valence-electron chi connectivity index (χ4n) is 1.95. The van der Waals surface area contributed by atoms with Gasteiger partial charge in [0.05, 0.1) is 4.92 Å². The molecule has 0 aliphatic carbocycles. The van der Waals surface area contributed by atoms with E-state index in [0.29, 0.717) is 11.1 Å². The highest BCUT2D eigenvalue weighted by Gasteiger charge is 2.10. The number of nitrogens with one attached hydrogen (secondary N) is 1. The second kappa shape index (κ2) is 7.13. The lowest BCUT2D eigenvalue weighted by Gasteiger charge is -1.96. The van der Waals surface area contributed by atoms with Gasteiger partial charge in [-0.25, -0.2) is 0 Å². The zero-order chi connectivity index (χ0) is 17.6. The van der Waals surface area contributed by atoms with Crippen molar-refractivity contribution in [2.24, 2.45) is 0 Å². The van der Waals surface area contributed by atoms with Gasteiger partial charge in [-0.2, -0.15) is 0 Å². The predicted molar refractivity (Wildman–Crippen MR) is 88.3 cm³/mol. The number of hydrogen-bond acceptors (Lipinski definition) is 7. The van der Waals surface area contributed by atoms with Crippen molar-refractivity contribution in [1.82, 2.24) is 15.2 Å². The molecule has 0 atom stereocenters. The number of nitro benzene ring substituents is 1.